The summed E-state index contributed by atoms with van der Waals surface area (Å²) in [4.78, 5) is 18.0. The van der Waals surface area contributed by atoms with Crippen LogP contribution in [0.15, 0.2) is 18.2 Å². The Morgan fingerprint density at radius 2 is 1.96 bits per heavy atom. The highest BCUT2D eigenvalue weighted by Crippen LogP contribution is 2.29. The van der Waals surface area contributed by atoms with Crippen LogP contribution in [0.4, 0.5) is 11.4 Å². The summed E-state index contributed by atoms with van der Waals surface area (Å²) in [6.45, 7) is 9.94. The molecule has 0 bridgehead atoms. The van der Waals surface area contributed by atoms with Crippen molar-refractivity contribution in [2.45, 2.75) is 19.8 Å². The van der Waals surface area contributed by atoms with Crippen molar-refractivity contribution >= 4 is 11.4 Å². The molecule has 0 N–H and O–H groups in total. The monoisotopic (exact) mass is 332 g/mol. The molecule has 2 aliphatic rings. The molecule has 1 aromatic rings. The maximum Gasteiger partial charge on any atom is 0.269 e. The van der Waals surface area contributed by atoms with Gasteiger partial charge in [-0.25, -0.2) is 0 Å². The van der Waals surface area contributed by atoms with E-state index in [0.29, 0.717) is 5.92 Å². The number of piperazine rings is 1. The van der Waals surface area contributed by atoms with Crippen molar-refractivity contribution in [3.05, 3.63) is 33.9 Å². The molecule has 2 fully saturated rings. The third kappa shape index (κ3) is 4.05. The lowest BCUT2D eigenvalue weighted by molar-refractivity contribution is -0.384. The van der Waals surface area contributed by atoms with Gasteiger partial charge in [-0.3, -0.25) is 10.1 Å². The quantitative estimate of drug-likeness (QED) is 0.626. The highest BCUT2D eigenvalue weighted by molar-refractivity contribution is 5.57. The molecule has 2 heterocycles. The number of likely N-dealkylation sites (N-methyl/N-ethyl adjacent to an activating group) is 1. The van der Waals surface area contributed by atoms with Gasteiger partial charge in [0, 0.05) is 63.6 Å². The molecule has 0 spiro atoms. The first kappa shape index (κ1) is 17.2. The largest absolute Gasteiger partial charge is 0.371 e. The third-order valence-corrected chi connectivity index (χ3v) is 5.36. The van der Waals surface area contributed by atoms with Gasteiger partial charge in [0.25, 0.3) is 5.69 Å². The molecular weight excluding hydrogens is 304 g/mol. The summed E-state index contributed by atoms with van der Waals surface area (Å²) >= 11 is 0. The number of anilines is 1. The first-order valence-electron chi connectivity index (χ1n) is 8.94. The van der Waals surface area contributed by atoms with Crippen molar-refractivity contribution in [2.75, 3.05) is 57.8 Å². The van der Waals surface area contributed by atoms with Gasteiger partial charge in [-0.05, 0) is 44.4 Å². The van der Waals surface area contributed by atoms with Crippen molar-refractivity contribution in [3.8, 4) is 0 Å². The molecule has 1 aromatic carbocycles. The van der Waals surface area contributed by atoms with Gasteiger partial charge in [-0.2, -0.15) is 0 Å². The summed E-state index contributed by atoms with van der Waals surface area (Å²) in [6.07, 6.45) is 2.49. The van der Waals surface area contributed by atoms with Crippen LogP contribution < -0.4 is 4.90 Å². The molecule has 0 radical (unpaired) electrons. The summed E-state index contributed by atoms with van der Waals surface area (Å²) < 4.78 is 0. The van der Waals surface area contributed by atoms with E-state index < -0.39 is 0 Å². The van der Waals surface area contributed by atoms with Crippen LogP contribution in [0.5, 0.6) is 0 Å². The summed E-state index contributed by atoms with van der Waals surface area (Å²) in [5, 5.41) is 10.9. The van der Waals surface area contributed by atoms with Gasteiger partial charge < -0.3 is 14.7 Å². The van der Waals surface area contributed by atoms with Crippen molar-refractivity contribution in [1.82, 2.24) is 9.80 Å². The number of aryl methyl sites for hydroxylation is 1. The second-order valence-electron chi connectivity index (χ2n) is 7.29. The Hall–Kier alpha value is -1.66. The molecule has 6 heteroatoms. The lowest BCUT2D eigenvalue weighted by Gasteiger charge is -2.39. The van der Waals surface area contributed by atoms with Crippen molar-refractivity contribution in [1.29, 1.82) is 0 Å². The SMILES string of the molecule is Cc1cc([N+](=O)[O-])ccc1N1CCC[C@@H](CN2CCN(C)CC2)C1. The smallest absolute Gasteiger partial charge is 0.269 e. The molecule has 2 aliphatic heterocycles. The van der Waals surface area contributed by atoms with Gasteiger partial charge in [0.15, 0.2) is 0 Å². The molecule has 0 aromatic heterocycles. The van der Waals surface area contributed by atoms with E-state index in [1.54, 1.807) is 12.1 Å². The zero-order valence-electron chi connectivity index (χ0n) is 14.8. The van der Waals surface area contributed by atoms with Gasteiger partial charge in [-0.1, -0.05) is 0 Å². The molecule has 6 nitrogen and oxygen atoms in total. The van der Waals surface area contributed by atoms with Gasteiger partial charge >= 0.3 is 0 Å². The normalized spacial score (nSPS) is 23.4. The Labute approximate surface area is 144 Å². The molecule has 1 atom stereocenters. The Morgan fingerprint density at radius 1 is 1.21 bits per heavy atom. The van der Waals surface area contributed by atoms with Crippen LogP contribution in [-0.4, -0.2) is 67.6 Å². The standard InChI is InChI=1S/C18H28N4O2/c1-15-12-17(22(23)24)5-6-18(15)21-7-3-4-16(14-21)13-20-10-8-19(2)9-11-20/h5-6,12,16H,3-4,7-11,13-14H2,1-2H3/t16-/m0/s1. The Balaban J connectivity index is 1.62. The zero-order valence-corrected chi connectivity index (χ0v) is 14.8. The van der Waals surface area contributed by atoms with Gasteiger partial charge in [-0.15, -0.1) is 0 Å². The molecule has 0 amide bonds. The van der Waals surface area contributed by atoms with E-state index in [0.717, 1.165) is 37.4 Å². The molecule has 24 heavy (non-hydrogen) atoms. The predicted octanol–water partition coefficient (Wildman–Crippen LogP) is 2.37. The number of hydrogen-bond donors (Lipinski definition) is 0. The van der Waals surface area contributed by atoms with Gasteiger partial charge in [0.1, 0.15) is 0 Å². The minimum Gasteiger partial charge on any atom is -0.371 e. The molecule has 3 rings (SSSR count). The van der Waals surface area contributed by atoms with Crippen LogP contribution in [0, 0.1) is 23.0 Å². The van der Waals surface area contributed by atoms with Crippen LogP contribution in [-0.2, 0) is 0 Å². The molecule has 0 saturated carbocycles. The summed E-state index contributed by atoms with van der Waals surface area (Å²) in [6, 6.07) is 5.25. The number of non-ortho nitro benzene ring substituents is 1. The molecule has 0 aliphatic carbocycles. The maximum absolute atomic E-state index is 10.9. The van der Waals surface area contributed by atoms with Crippen LogP contribution in [0.25, 0.3) is 0 Å². The van der Waals surface area contributed by atoms with Crippen LogP contribution in [0.1, 0.15) is 18.4 Å². The number of piperidine rings is 1. The predicted molar refractivity (Wildman–Crippen MR) is 96.7 cm³/mol. The molecule has 2 saturated heterocycles. The van der Waals surface area contributed by atoms with E-state index in [2.05, 4.69) is 21.7 Å². The van der Waals surface area contributed by atoms with Crippen molar-refractivity contribution in [3.63, 3.8) is 0 Å². The van der Waals surface area contributed by atoms with Crippen molar-refractivity contribution < 1.29 is 4.92 Å². The van der Waals surface area contributed by atoms with E-state index in [-0.39, 0.29) is 10.6 Å². The Morgan fingerprint density at radius 3 is 2.62 bits per heavy atom. The number of hydrogen-bond acceptors (Lipinski definition) is 5. The molecule has 132 valence electrons. The summed E-state index contributed by atoms with van der Waals surface area (Å²) in [5.41, 5.74) is 2.34. The number of nitro benzene ring substituents is 1. The number of benzene rings is 1. The van der Waals surface area contributed by atoms with Crippen LogP contribution >= 0.6 is 0 Å². The first-order chi connectivity index (χ1) is 11.5. The zero-order chi connectivity index (χ0) is 17.1. The van der Waals surface area contributed by atoms with Crippen molar-refractivity contribution in [2.24, 2.45) is 5.92 Å². The fourth-order valence-electron chi connectivity index (χ4n) is 3.94. The molecular formula is C18H28N4O2. The maximum atomic E-state index is 10.9. The summed E-state index contributed by atoms with van der Waals surface area (Å²) in [7, 11) is 2.19. The molecule has 0 unspecified atom stereocenters. The lowest BCUT2D eigenvalue weighted by Crippen LogP contribution is -2.48. The second-order valence-corrected chi connectivity index (χ2v) is 7.29. The van der Waals surface area contributed by atoms with E-state index in [9.17, 15) is 10.1 Å². The highest BCUT2D eigenvalue weighted by Gasteiger charge is 2.25. The van der Waals surface area contributed by atoms with E-state index >= 15 is 0 Å². The lowest BCUT2D eigenvalue weighted by atomic mass is 9.96. The van der Waals surface area contributed by atoms with Gasteiger partial charge in [0.05, 0.1) is 4.92 Å². The highest BCUT2D eigenvalue weighted by atomic mass is 16.6. The fraction of sp³-hybridized carbons (Fsp3) is 0.667. The third-order valence-electron chi connectivity index (χ3n) is 5.36. The van der Waals surface area contributed by atoms with E-state index in [4.69, 9.17) is 0 Å². The second kappa shape index (κ2) is 7.49. The average Bonchev–Trinajstić information content (AvgIpc) is 2.57. The average molecular weight is 332 g/mol. The topological polar surface area (TPSA) is 52.9 Å². The van der Waals surface area contributed by atoms with Crippen LogP contribution in [0.2, 0.25) is 0 Å². The number of nitrogens with zero attached hydrogens (tertiary/aromatic N) is 4. The minimum atomic E-state index is -0.316. The fourth-order valence-corrected chi connectivity index (χ4v) is 3.94. The number of rotatable bonds is 4. The Kier molecular flexibility index (Phi) is 5.36. The Bertz CT molecular complexity index is 584. The number of nitro groups is 1. The summed E-state index contributed by atoms with van der Waals surface area (Å²) in [5.74, 6) is 0.691. The minimum absolute atomic E-state index is 0.183. The van der Waals surface area contributed by atoms with Crippen LogP contribution in [0.3, 0.4) is 0 Å². The van der Waals surface area contributed by atoms with E-state index in [1.165, 1.54) is 32.5 Å². The first-order valence-corrected chi connectivity index (χ1v) is 8.94. The van der Waals surface area contributed by atoms with E-state index in [1.807, 2.05) is 13.0 Å². The van der Waals surface area contributed by atoms with Gasteiger partial charge in [0.2, 0.25) is 0 Å².